The molecule has 0 radical (unpaired) electrons. The Labute approximate surface area is 220 Å². The molecule has 4 rings (SSSR count). The summed E-state index contributed by atoms with van der Waals surface area (Å²) in [6, 6.07) is 7.73. The van der Waals surface area contributed by atoms with Crippen molar-refractivity contribution in [2.24, 2.45) is 23.2 Å². The molecule has 7 nitrogen and oxygen atoms in total. The number of aliphatic carboxylic acids is 1. The van der Waals surface area contributed by atoms with Crippen molar-refractivity contribution >= 4 is 17.6 Å². The molecule has 1 saturated heterocycles. The Hall–Kier alpha value is -2.96. The van der Waals surface area contributed by atoms with E-state index in [2.05, 4.69) is 9.88 Å². The van der Waals surface area contributed by atoms with Gasteiger partial charge >= 0.3 is 5.97 Å². The van der Waals surface area contributed by atoms with Crippen LogP contribution in [0, 0.1) is 30.1 Å². The Morgan fingerprint density at radius 1 is 1.16 bits per heavy atom. The number of nitrogens with zero attached hydrogens (tertiary/aromatic N) is 3. The minimum Gasteiger partial charge on any atom is -0.481 e. The van der Waals surface area contributed by atoms with Gasteiger partial charge in [0.15, 0.2) is 5.78 Å². The lowest BCUT2D eigenvalue weighted by atomic mass is 9.82. The number of carboxylic acid groups (broad SMARTS) is 1. The van der Waals surface area contributed by atoms with Crippen molar-refractivity contribution < 1.29 is 19.4 Å². The number of hydrogen-bond donors (Lipinski definition) is 1. The summed E-state index contributed by atoms with van der Waals surface area (Å²) in [5.74, 6) is 1.15. The van der Waals surface area contributed by atoms with E-state index >= 15 is 0 Å². The van der Waals surface area contributed by atoms with Crippen LogP contribution in [0.4, 0.5) is 5.82 Å². The van der Waals surface area contributed by atoms with Crippen molar-refractivity contribution in [1.29, 1.82) is 0 Å². The molecule has 2 fully saturated rings. The van der Waals surface area contributed by atoms with E-state index < -0.39 is 17.3 Å². The third kappa shape index (κ3) is 6.31. The fourth-order valence-electron chi connectivity index (χ4n) is 5.29. The third-order valence-corrected chi connectivity index (χ3v) is 8.34. The fraction of sp³-hybridized carbons (Fsp3) is 0.600. The zero-order chi connectivity index (χ0) is 26.7. The van der Waals surface area contributed by atoms with Gasteiger partial charge < -0.3 is 14.7 Å². The van der Waals surface area contributed by atoms with Gasteiger partial charge in [0, 0.05) is 36.5 Å². The molecule has 0 unspecified atom stereocenters. The van der Waals surface area contributed by atoms with Crippen LogP contribution in [0.2, 0.25) is 0 Å². The van der Waals surface area contributed by atoms with Gasteiger partial charge in [-0.3, -0.25) is 9.59 Å². The first-order valence-electron chi connectivity index (χ1n) is 13.7. The molecule has 1 saturated carbocycles. The van der Waals surface area contributed by atoms with Crippen molar-refractivity contribution in [2.45, 2.75) is 72.6 Å². The Bertz CT molecular complexity index is 1120. The molecule has 2 aliphatic rings. The summed E-state index contributed by atoms with van der Waals surface area (Å²) in [4.78, 5) is 36.4. The molecule has 200 valence electrons. The number of piperidine rings is 1. The summed E-state index contributed by atoms with van der Waals surface area (Å²) in [5, 5.41) is 9.58. The van der Waals surface area contributed by atoms with E-state index in [9.17, 15) is 14.7 Å². The molecule has 2 atom stereocenters. The molecule has 0 bridgehead atoms. The van der Waals surface area contributed by atoms with Crippen LogP contribution >= 0.6 is 0 Å². The molecule has 0 spiro atoms. The average molecular weight is 508 g/mol. The molecule has 37 heavy (non-hydrogen) atoms. The standard InChI is InChI=1S/C30H41N3O4/c1-6-30(4,5)27(34)24-10-7-19(2)32-28(24)33-15-12-21(13-16-33)18-37-25-17-23(11-14-31-25)26(22-8-9-22)20(3)29(35)36/h7,10-11,14,17,20-22,26H,6,8-9,12-13,15-16,18H2,1-5H3,(H,35,36)/t20-,26-/m0/s1. The predicted molar refractivity (Wildman–Crippen MR) is 144 cm³/mol. The van der Waals surface area contributed by atoms with Crippen molar-refractivity contribution in [3.8, 4) is 5.88 Å². The molecular formula is C30H41N3O4. The summed E-state index contributed by atoms with van der Waals surface area (Å²) >= 11 is 0. The molecule has 7 heteroatoms. The number of Topliss-reactive ketones (excluding diaryl/α,β-unsaturated/α-hetero) is 1. The highest BCUT2D eigenvalue weighted by Gasteiger charge is 2.39. The van der Waals surface area contributed by atoms with Crippen LogP contribution in [0.25, 0.3) is 0 Å². The molecule has 1 aliphatic heterocycles. The van der Waals surface area contributed by atoms with Crippen LogP contribution < -0.4 is 9.64 Å². The minimum atomic E-state index is -0.755. The lowest BCUT2D eigenvalue weighted by molar-refractivity contribution is -0.142. The maximum atomic E-state index is 13.3. The fourth-order valence-corrected chi connectivity index (χ4v) is 5.29. The SMILES string of the molecule is CCC(C)(C)C(=O)c1ccc(C)nc1N1CCC(COc2cc([C@H](C3CC3)[C@H](C)C(=O)O)ccn2)CC1. The molecule has 2 aromatic heterocycles. The summed E-state index contributed by atoms with van der Waals surface area (Å²) in [7, 11) is 0. The van der Waals surface area contributed by atoms with Crippen LogP contribution in [0.3, 0.4) is 0 Å². The largest absolute Gasteiger partial charge is 0.481 e. The topological polar surface area (TPSA) is 92.6 Å². The van der Waals surface area contributed by atoms with Crippen molar-refractivity contribution in [2.75, 3.05) is 24.6 Å². The molecule has 2 aromatic rings. The highest BCUT2D eigenvalue weighted by molar-refractivity contribution is 6.04. The van der Waals surface area contributed by atoms with E-state index in [0.29, 0.717) is 29.9 Å². The van der Waals surface area contributed by atoms with Crippen molar-refractivity contribution in [3.63, 3.8) is 0 Å². The first kappa shape index (κ1) is 27.1. The number of hydrogen-bond acceptors (Lipinski definition) is 6. The molecule has 0 amide bonds. The van der Waals surface area contributed by atoms with Crippen LogP contribution in [-0.4, -0.2) is 46.5 Å². The number of pyridine rings is 2. The number of ketones is 1. The average Bonchev–Trinajstić information content (AvgIpc) is 3.73. The number of aryl methyl sites for hydroxylation is 1. The number of carbonyl (C=O) groups excluding carboxylic acids is 1. The van der Waals surface area contributed by atoms with Gasteiger partial charge in [-0.2, -0.15) is 0 Å². The van der Waals surface area contributed by atoms with Gasteiger partial charge in [-0.05, 0) is 80.5 Å². The van der Waals surface area contributed by atoms with Gasteiger partial charge in [0.25, 0.3) is 0 Å². The second-order valence-corrected chi connectivity index (χ2v) is 11.5. The van der Waals surface area contributed by atoms with Crippen molar-refractivity contribution in [3.05, 3.63) is 47.3 Å². The number of carboxylic acids is 1. The van der Waals surface area contributed by atoms with E-state index in [4.69, 9.17) is 9.72 Å². The summed E-state index contributed by atoms with van der Waals surface area (Å²) in [6.07, 6.45) is 6.57. The van der Waals surface area contributed by atoms with Gasteiger partial charge in [-0.25, -0.2) is 9.97 Å². The second kappa shape index (κ2) is 11.2. The highest BCUT2D eigenvalue weighted by atomic mass is 16.5. The number of anilines is 1. The van der Waals surface area contributed by atoms with E-state index in [1.807, 2.05) is 52.0 Å². The van der Waals surface area contributed by atoms with E-state index in [0.717, 1.165) is 62.3 Å². The maximum absolute atomic E-state index is 13.3. The van der Waals surface area contributed by atoms with E-state index in [1.165, 1.54) is 0 Å². The number of ether oxygens (including phenoxy) is 1. The van der Waals surface area contributed by atoms with Crippen LogP contribution in [-0.2, 0) is 4.79 Å². The zero-order valence-corrected chi connectivity index (χ0v) is 22.9. The van der Waals surface area contributed by atoms with Gasteiger partial charge in [-0.15, -0.1) is 0 Å². The number of carbonyl (C=O) groups is 2. The van der Waals surface area contributed by atoms with Crippen LogP contribution in [0.15, 0.2) is 30.5 Å². The third-order valence-electron chi connectivity index (χ3n) is 8.34. The van der Waals surface area contributed by atoms with Gasteiger partial charge in [0.2, 0.25) is 5.88 Å². The lowest BCUT2D eigenvalue weighted by Gasteiger charge is -2.34. The Kier molecular flexibility index (Phi) is 8.20. The molecular weight excluding hydrogens is 466 g/mol. The minimum absolute atomic E-state index is 0.00232. The van der Waals surface area contributed by atoms with Crippen LogP contribution in [0.5, 0.6) is 5.88 Å². The summed E-state index contributed by atoms with van der Waals surface area (Å²) < 4.78 is 6.11. The Morgan fingerprint density at radius 3 is 2.49 bits per heavy atom. The first-order chi connectivity index (χ1) is 17.6. The van der Waals surface area contributed by atoms with Gasteiger partial charge in [0.05, 0.1) is 18.1 Å². The molecule has 3 heterocycles. The van der Waals surface area contributed by atoms with Gasteiger partial charge in [-0.1, -0.05) is 27.7 Å². The number of rotatable bonds is 11. The molecule has 0 aromatic carbocycles. The second-order valence-electron chi connectivity index (χ2n) is 11.5. The van der Waals surface area contributed by atoms with E-state index in [-0.39, 0.29) is 11.7 Å². The maximum Gasteiger partial charge on any atom is 0.306 e. The lowest BCUT2D eigenvalue weighted by Crippen LogP contribution is -2.38. The Balaban J connectivity index is 1.38. The van der Waals surface area contributed by atoms with Crippen molar-refractivity contribution in [1.82, 2.24) is 9.97 Å². The van der Waals surface area contributed by atoms with Crippen LogP contribution in [0.1, 0.15) is 87.3 Å². The monoisotopic (exact) mass is 507 g/mol. The molecule has 1 N–H and O–H groups in total. The first-order valence-corrected chi connectivity index (χ1v) is 13.7. The zero-order valence-electron chi connectivity index (χ0n) is 22.9. The number of aromatic nitrogens is 2. The predicted octanol–water partition coefficient (Wildman–Crippen LogP) is 5.91. The van der Waals surface area contributed by atoms with Gasteiger partial charge in [0.1, 0.15) is 5.82 Å². The summed E-state index contributed by atoms with van der Waals surface area (Å²) in [5.41, 5.74) is 2.23. The normalized spacial score (nSPS) is 18.4. The van der Waals surface area contributed by atoms with E-state index in [1.54, 1.807) is 13.1 Å². The highest BCUT2D eigenvalue weighted by Crippen LogP contribution is 2.47. The Morgan fingerprint density at radius 2 is 1.86 bits per heavy atom. The smallest absolute Gasteiger partial charge is 0.306 e. The quantitative estimate of drug-likeness (QED) is 0.378. The molecule has 1 aliphatic carbocycles. The summed E-state index contributed by atoms with van der Waals surface area (Å²) in [6.45, 7) is 12.0.